The molecule has 1 aliphatic heterocycles. The number of hydrogen-bond acceptors (Lipinski definition) is 5. The van der Waals surface area contributed by atoms with Crippen LogP contribution in [-0.4, -0.2) is 74.0 Å². The molecular weight excluding hydrogens is 262 g/mol. The first kappa shape index (κ1) is 14.4. The number of aromatic nitrogens is 3. The van der Waals surface area contributed by atoms with Crippen molar-refractivity contribution in [1.29, 1.82) is 0 Å². The molecular formula is C12H19N5O3. The van der Waals surface area contributed by atoms with Gasteiger partial charge in [0.25, 0.3) is 0 Å². The van der Waals surface area contributed by atoms with Crippen LogP contribution in [0.2, 0.25) is 0 Å². The van der Waals surface area contributed by atoms with Crippen molar-refractivity contribution in [3.8, 4) is 0 Å². The molecule has 8 nitrogen and oxygen atoms in total. The molecule has 8 heteroatoms. The summed E-state index contributed by atoms with van der Waals surface area (Å²) in [5, 5.41) is 15.9. The minimum atomic E-state index is -1.14. The van der Waals surface area contributed by atoms with Crippen LogP contribution in [0.1, 0.15) is 24.3 Å². The zero-order valence-electron chi connectivity index (χ0n) is 11.7. The summed E-state index contributed by atoms with van der Waals surface area (Å²) >= 11 is 0. The van der Waals surface area contributed by atoms with Gasteiger partial charge in [-0.3, -0.25) is 9.69 Å². The predicted molar refractivity (Wildman–Crippen MR) is 70.3 cm³/mol. The second-order valence-corrected chi connectivity index (χ2v) is 5.12. The molecule has 0 saturated carbocycles. The second-order valence-electron chi connectivity index (χ2n) is 5.12. The Morgan fingerprint density at radius 1 is 1.30 bits per heavy atom. The van der Waals surface area contributed by atoms with Crippen molar-refractivity contribution in [2.75, 3.05) is 26.2 Å². The van der Waals surface area contributed by atoms with Crippen molar-refractivity contribution in [3.63, 3.8) is 0 Å². The van der Waals surface area contributed by atoms with Crippen LogP contribution in [0.5, 0.6) is 0 Å². The van der Waals surface area contributed by atoms with Gasteiger partial charge in [-0.1, -0.05) is 5.21 Å². The quantitative estimate of drug-likeness (QED) is 0.802. The van der Waals surface area contributed by atoms with E-state index >= 15 is 0 Å². The molecule has 20 heavy (non-hydrogen) atoms. The van der Waals surface area contributed by atoms with Crippen LogP contribution in [0.15, 0.2) is 6.20 Å². The fourth-order valence-corrected chi connectivity index (χ4v) is 2.20. The van der Waals surface area contributed by atoms with Gasteiger partial charge in [-0.15, -0.1) is 5.10 Å². The van der Waals surface area contributed by atoms with Gasteiger partial charge in [0.15, 0.2) is 5.69 Å². The summed E-state index contributed by atoms with van der Waals surface area (Å²) in [6.07, 6.45) is 1.27. The largest absolute Gasteiger partial charge is 0.476 e. The van der Waals surface area contributed by atoms with E-state index in [0.29, 0.717) is 19.1 Å². The molecule has 1 saturated heterocycles. The van der Waals surface area contributed by atoms with Crippen LogP contribution in [-0.2, 0) is 11.3 Å². The van der Waals surface area contributed by atoms with E-state index in [2.05, 4.69) is 29.1 Å². The fourth-order valence-electron chi connectivity index (χ4n) is 2.20. The number of hydrogen-bond donors (Lipinski definition) is 1. The zero-order chi connectivity index (χ0) is 14.7. The highest BCUT2D eigenvalue weighted by atomic mass is 16.4. The highest BCUT2D eigenvalue weighted by Gasteiger charge is 2.23. The molecule has 0 unspecified atom stereocenters. The number of carbonyl (C=O) groups is 2. The number of carboxylic acid groups (broad SMARTS) is 1. The summed E-state index contributed by atoms with van der Waals surface area (Å²) in [6, 6.07) is 0.487. The normalized spacial score (nSPS) is 16.6. The van der Waals surface area contributed by atoms with E-state index in [1.54, 1.807) is 4.90 Å². The minimum Gasteiger partial charge on any atom is -0.476 e. The Balaban J connectivity index is 1.87. The van der Waals surface area contributed by atoms with E-state index in [1.165, 1.54) is 10.9 Å². The molecule has 1 fully saturated rings. The van der Waals surface area contributed by atoms with Gasteiger partial charge >= 0.3 is 5.97 Å². The monoisotopic (exact) mass is 281 g/mol. The maximum absolute atomic E-state index is 12.1. The highest BCUT2D eigenvalue weighted by molar-refractivity contribution is 5.84. The van der Waals surface area contributed by atoms with Gasteiger partial charge in [-0.2, -0.15) is 0 Å². The van der Waals surface area contributed by atoms with Crippen LogP contribution < -0.4 is 0 Å². The molecule has 0 atom stereocenters. The molecule has 0 aliphatic carbocycles. The van der Waals surface area contributed by atoms with Crippen molar-refractivity contribution < 1.29 is 14.7 Å². The fraction of sp³-hybridized carbons (Fsp3) is 0.667. The zero-order valence-corrected chi connectivity index (χ0v) is 11.7. The molecule has 0 spiro atoms. The molecule has 0 aromatic carbocycles. The Bertz CT molecular complexity index is 491. The first-order valence-electron chi connectivity index (χ1n) is 6.62. The van der Waals surface area contributed by atoms with Gasteiger partial charge in [-0.05, 0) is 13.8 Å². The summed E-state index contributed by atoms with van der Waals surface area (Å²) in [5.74, 6) is -1.20. The van der Waals surface area contributed by atoms with Gasteiger partial charge in [0.05, 0.1) is 6.20 Å². The first-order valence-corrected chi connectivity index (χ1v) is 6.62. The lowest BCUT2D eigenvalue weighted by Crippen LogP contribution is -2.51. The molecule has 1 aromatic heterocycles. The van der Waals surface area contributed by atoms with Gasteiger partial charge in [0.2, 0.25) is 5.91 Å². The molecule has 110 valence electrons. The summed E-state index contributed by atoms with van der Waals surface area (Å²) in [6.45, 7) is 7.42. The lowest BCUT2D eigenvalue weighted by Gasteiger charge is -2.36. The standard InChI is InChI=1S/C12H19N5O3/c1-9(2)15-3-5-16(6-4-15)11(18)8-17-7-10(12(19)20)13-14-17/h7,9H,3-6,8H2,1-2H3,(H,19,20). The Morgan fingerprint density at radius 3 is 2.45 bits per heavy atom. The highest BCUT2D eigenvalue weighted by Crippen LogP contribution is 2.06. The lowest BCUT2D eigenvalue weighted by atomic mass is 10.2. The van der Waals surface area contributed by atoms with Crippen LogP contribution in [0.3, 0.4) is 0 Å². The van der Waals surface area contributed by atoms with E-state index in [0.717, 1.165) is 13.1 Å². The van der Waals surface area contributed by atoms with Gasteiger partial charge in [0, 0.05) is 32.2 Å². The van der Waals surface area contributed by atoms with Crippen molar-refractivity contribution in [1.82, 2.24) is 24.8 Å². The summed E-state index contributed by atoms with van der Waals surface area (Å²) < 4.78 is 1.26. The van der Waals surface area contributed by atoms with E-state index in [9.17, 15) is 9.59 Å². The number of amides is 1. The Kier molecular flexibility index (Phi) is 4.33. The van der Waals surface area contributed by atoms with E-state index < -0.39 is 5.97 Å². The molecule has 1 N–H and O–H groups in total. The van der Waals surface area contributed by atoms with E-state index in [4.69, 9.17) is 5.11 Å². The van der Waals surface area contributed by atoms with Gasteiger partial charge in [0.1, 0.15) is 6.54 Å². The SMILES string of the molecule is CC(C)N1CCN(C(=O)Cn2cc(C(=O)O)nn2)CC1. The molecule has 2 heterocycles. The second kappa shape index (κ2) is 6.00. The number of nitrogens with zero attached hydrogens (tertiary/aromatic N) is 5. The molecule has 1 aromatic rings. The third-order valence-electron chi connectivity index (χ3n) is 3.45. The average Bonchev–Trinajstić information content (AvgIpc) is 2.87. The smallest absolute Gasteiger partial charge is 0.358 e. The van der Waals surface area contributed by atoms with Crippen molar-refractivity contribution in [3.05, 3.63) is 11.9 Å². The minimum absolute atomic E-state index is 0.0297. The molecule has 1 amide bonds. The topological polar surface area (TPSA) is 91.6 Å². The number of carboxylic acids is 1. The Labute approximate surface area is 117 Å². The number of piperazine rings is 1. The van der Waals surface area contributed by atoms with Crippen molar-refractivity contribution in [2.45, 2.75) is 26.4 Å². The van der Waals surface area contributed by atoms with E-state index in [1.807, 2.05) is 0 Å². The Hall–Kier alpha value is -1.96. The lowest BCUT2D eigenvalue weighted by molar-refractivity contribution is -0.134. The van der Waals surface area contributed by atoms with E-state index in [-0.39, 0.29) is 18.1 Å². The number of aromatic carboxylic acids is 1. The summed E-state index contributed by atoms with van der Waals surface area (Å²) in [7, 11) is 0. The predicted octanol–water partition coefficient (Wildman–Crippen LogP) is -0.471. The molecule has 1 aliphatic rings. The average molecular weight is 281 g/mol. The maximum Gasteiger partial charge on any atom is 0.358 e. The van der Waals surface area contributed by atoms with Gasteiger partial charge in [-0.25, -0.2) is 9.48 Å². The summed E-state index contributed by atoms with van der Waals surface area (Å²) in [4.78, 5) is 26.9. The van der Waals surface area contributed by atoms with Gasteiger partial charge < -0.3 is 10.0 Å². The van der Waals surface area contributed by atoms with Crippen molar-refractivity contribution >= 4 is 11.9 Å². The molecule has 0 bridgehead atoms. The first-order chi connectivity index (χ1) is 9.47. The van der Waals surface area contributed by atoms with Crippen molar-refractivity contribution in [2.24, 2.45) is 0 Å². The maximum atomic E-state index is 12.1. The number of carbonyl (C=O) groups excluding carboxylic acids is 1. The summed E-state index contributed by atoms with van der Waals surface area (Å²) in [5.41, 5.74) is -0.151. The van der Waals surface area contributed by atoms with Crippen LogP contribution in [0.4, 0.5) is 0 Å². The number of rotatable bonds is 4. The van der Waals surface area contributed by atoms with Crippen LogP contribution in [0, 0.1) is 0 Å². The molecule has 2 rings (SSSR count). The Morgan fingerprint density at radius 2 is 1.95 bits per heavy atom. The third kappa shape index (κ3) is 3.32. The van der Waals surface area contributed by atoms with Crippen LogP contribution >= 0.6 is 0 Å². The third-order valence-corrected chi connectivity index (χ3v) is 3.45. The van der Waals surface area contributed by atoms with Crippen LogP contribution in [0.25, 0.3) is 0 Å². The molecule has 0 radical (unpaired) electrons.